The average molecular weight is 321 g/mol. The molecule has 1 aliphatic rings. The van der Waals surface area contributed by atoms with Crippen LogP contribution in [0.2, 0.25) is 0 Å². The van der Waals surface area contributed by atoms with Crippen LogP contribution in [-0.4, -0.2) is 30.4 Å². The summed E-state index contributed by atoms with van der Waals surface area (Å²) in [5, 5.41) is 9.19. The van der Waals surface area contributed by atoms with Crippen LogP contribution < -0.4 is 5.32 Å². The molecule has 1 aliphatic heterocycles. The summed E-state index contributed by atoms with van der Waals surface area (Å²) in [7, 11) is -5.55. The lowest BCUT2D eigenvalue weighted by Gasteiger charge is -2.20. The number of hydrogen-bond acceptors (Lipinski definition) is 4. The Balaban J connectivity index is 2.54. The van der Waals surface area contributed by atoms with Crippen LogP contribution in [0, 0.1) is 0 Å². The molecule has 0 spiro atoms. The zero-order chi connectivity index (χ0) is 15.8. The molecule has 0 aromatic heterocycles. The van der Waals surface area contributed by atoms with E-state index in [0.717, 1.165) is 6.08 Å². The van der Waals surface area contributed by atoms with Gasteiger partial charge in [0.2, 0.25) is 0 Å². The van der Waals surface area contributed by atoms with Gasteiger partial charge in [-0.05, 0) is 17.7 Å². The summed E-state index contributed by atoms with van der Waals surface area (Å²) in [4.78, 5) is 11.1. The molecule has 0 radical (unpaired) electrons. The van der Waals surface area contributed by atoms with Gasteiger partial charge in [0.15, 0.2) is 0 Å². The quantitative estimate of drug-likeness (QED) is 0.873. The van der Waals surface area contributed by atoms with Gasteiger partial charge in [0.25, 0.3) is 9.84 Å². The fraction of sp³-hybridized carbons (Fsp3) is 0.250. The molecule has 0 aliphatic carbocycles. The number of carboxylic acids is 1. The third kappa shape index (κ3) is 2.87. The second kappa shape index (κ2) is 5.06. The summed E-state index contributed by atoms with van der Waals surface area (Å²) in [5.41, 5.74) is -5.43. The third-order valence-corrected chi connectivity index (χ3v) is 4.66. The van der Waals surface area contributed by atoms with Crippen LogP contribution in [0.4, 0.5) is 18.9 Å². The number of halogens is 3. The number of anilines is 1. The standard InChI is InChI=1S/C12H10F3NO4S/c13-12(14,15)21(19,20)10-6-8(11(17)18)5-7-3-1-2-4-9(7)16-10/h1-5,10,16H,6H2,(H,17,18). The number of hydrogen-bond donors (Lipinski definition) is 2. The van der Waals surface area contributed by atoms with Crippen molar-refractivity contribution in [1.29, 1.82) is 0 Å². The Labute approximate surface area is 118 Å². The van der Waals surface area contributed by atoms with Gasteiger partial charge in [-0.15, -0.1) is 0 Å². The van der Waals surface area contributed by atoms with Crippen molar-refractivity contribution in [3.63, 3.8) is 0 Å². The molecule has 1 unspecified atom stereocenters. The predicted octanol–water partition coefficient (Wildman–Crippen LogP) is 2.23. The van der Waals surface area contributed by atoms with Crippen LogP contribution in [0.3, 0.4) is 0 Å². The molecule has 5 nitrogen and oxygen atoms in total. The van der Waals surface area contributed by atoms with E-state index < -0.39 is 38.7 Å². The molecule has 0 saturated carbocycles. The van der Waals surface area contributed by atoms with Gasteiger partial charge in [-0.25, -0.2) is 13.2 Å². The smallest absolute Gasteiger partial charge is 0.478 e. The van der Waals surface area contributed by atoms with Crippen LogP contribution in [0.1, 0.15) is 12.0 Å². The van der Waals surface area contributed by atoms with Crippen LogP contribution in [-0.2, 0) is 14.6 Å². The van der Waals surface area contributed by atoms with Crippen molar-refractivity contribution in [1.82, 2.24) is 0 Å². The Kier molecular flexibility index (Phi) is 3.70. The minimum absolute atomic E-state index is 0.131. The van der Waals surface area contributed by atoms with Crippen LogP contribution in [0.15, 0.2) is 29.8 Å². The minimum atomic E-state index is -5.55. The zero-order valence-electron chi connectivity index (χ0n) is 10.4. The molecule has 0 fully saturated rings. The molecule has 1 atom stereocenters. The number of rotatable bonds is 2. The zero-order valence-corrected chi connectivity index (χ0v) is 11.2. The lowest BCUT2D eigenvalue weighted by atomic mass is 10.1. The maximum absolute atomic E-state index is 12.7. The van der Waals surface area contributed by atoms with Crippen molar-refractivity contribution in [2.45, 2.75) is 17.3 Å². The van der Waals surface area contributed by atoms with Gasteiger partial charge in [0.1, 0.15) is 5.37 Å². The Morgan fingerprint density at radius 2 is 1.90 bits per heavy atom. The van der Waals surface area contributed by atoms with E-state index >= 15 is 0 Å². The van der Waals surface area contributed by atoms with Gasteiger partial charge in [0.05, 0.1) is 0 Å². The molecule has 2 N–H and O–H groups in total. The maximum Gasteiger partial charge on any atom is 0.499 e. The number of para-hydroxylation sites is 1. The lowest BCUT2D eigenvalue weighted by molar-refractivity contribution is -0.132. The first-order valence-electron chi connectivity index (χ1n) is 5.72. The molecule has 1 aromatic rings. The van der Waals surface area contributed by atoms with Crippen LogP contribution >= 0.6 is 0 Å². The SMILES string of the molecule is O=C(O)C1=Cc2ccccc2NC(S(=O)(=O)C(F)(F)F)C1. The molecule has 1 heterocycles. The number of carboxylic acid groups (broad SMARTS) is 1. The summed E-state index contributed by atoms with van der Waals surface area (Å²) < 4.78 is 61.0. The van der Waals surface area contributed by atoms with E-state index in [4.69, 9.17) is 5.11 Å². The normalized spacial score (nSPS) is 19.0. The van der Waals surface area contributed by atoms with E-state index in [1.807, 2.05) is 0 Å². The topological polar surface area (TPSA) is 83.5 Å². The van der Waals surface area contributed by atoms with Gasteiger partial charge in [0, 0.05) is 17.7 Å². The molecule has 2 rings (SSSR count). The van der Waals surface area contributed by atoms with E-state index in [1.54, 1.807) is 6.07 Å². The second-order valence-electron chi connectivity index (χ2n) is 4.39. The monoisotopic (exact) mass is 321 g/mol. The van der Waals surface area contributed by atoms with Gasteiger partial charge in [-0.2, -0.15) is 13.2 Å². The van der Waals surface area contributed by atoms with Gasteiger partial charge in [-0.3, -0.25) is 0 Å². The van der Waals surface area contributed by atoms with E-state index in [9.17, 15) is 26.4 Å². The summed E-state index contributed by atoms with van der Waals surface area (Å²) in [6.45, 7) is 0. The summed E-state index contributed by atoms with van der Waals surface area (Å²) >= 11 is 0. The van der Waals surface area contributed by atoms with Crippen molar-refractivity contribution in [3.8, 4) is 0 Å². The highest BCUT2D eigenvalue weighted by atomic mass is 32.2. The molecule has 0 bridgehead atoms. The van der Waals surface area contributed by atoms with E-state index in [0.29, 0.717) is 5.56 Å². The summed E-state index contributed by atoms with van der Waals surface area (Å²) in [5.74, 6) is -1.46. The Morgan fingerprint density at radius 3 is 2.48 bits per heavy atom. The fourth-order valence-electron chi connectivity index (χ4n) is 1.92. The molecule has 0 saturated heterocycles. The van der Waals surface area contributed by atoms with E-state index in [1.165, 1.54) is 18.2 Å². The van der Waals surface area contributed by atoms with Crippen molar-refractivity contribution in [3.05, 3.63) is 35.4 Å². The lowest BCUT2D eigenvalue weighted by Crippen LogP contribution is -2.39. The first kappa shape index (κ1) is 15.4. The highest BCUT2D eigenvalue weighted by Crippen LogP contribution is 2.34. The van der Waals surface area contributed by atoms with Crippen LogP contribution in [0.5, 0.6) is 0 Å². The second-order valence-corrected chi connectivity index (χ2v) is 6.51. The fourth-order valence-corrected chi connectivity index (χ4v) is 2.93. The predicted molar refractivity (Wildman–Crippen MR) is 69.1 cm³/mol. The number of sulfone groups is 1. The number of aliphatic carboxylic acids is 1. The Hall–Kier alpha value is -2.03. The molecular weight excluding hydrogens is 311 g/mol. The number of benzene rings is 1. The largest absolute Gasteiger partial charge is 0.499 e. The number of alkyl halides is 3. The maximum atomic E-state index is 12.7. The van der Waals surface area contributed by atoms with Crippen LogP contribution in [0.25, 0.3) is 6.08 Å². The molecule has 114 valence electrons. The third-order valence-electron chi connectivity index (χ3n) is 2.98. The average Bonchev–Trinajstić information content (AvgIpc) is 2.56. The van der Waals surface area contributed by atoms with Crippen molar-refractivity contribution < 1.29 is 31.5 Å². The molecular formula is C12H10F3NO4S. The van der Waals surface area contributed by atoms with Gasteiger partial charge >= 0.3 is 11.5 Å². The first-order valence-corrected chi connectivity index (χ1v) is 7.27. The number of fused-ring (bicyclic) bond motifs is 1. The molecule has 0 amide bonds. The summed E-state index contributed by atoms with van der Waals surface area (Å²) in [6, 6.07) is 5.93. The Morgan fingerprint density at radius 1 is 1.29 bits per heavy atom. The van der Waals surface area contributed by atoms with Crippen molar-refractivity contribution in [2.24, 2.45) is 0 Å². The van der Waals surface area contributed by atoms with Crippen molar-refractivity contribution >= 4 is 27.6 Å². The molecule has 1 aromatic carbocycles. The van der Waals surface area contributed by atoms with E-state index in [2.05, 4.69) is 5.32 Å². The van der Waals surface area contributed by atoms with Crippen molar-refractivity contribution in [2.75, 3.05) is 5.32 Å². The van der Waals surface area contributed by atoms with Gasteiger partial charge in [-0.1, -0.05) is 18.2 Å². The van der Waals surface area contributed by atoms with E-state index in [-0.39, 0.29) is 5.69 Å². The first-order chi connectivity index (χ1) is 9.63. The molecule has 9 heteroatoms. The highest BCUT2D eigenvalue weighted by Gasteiger charge is 2.51. The Bertz CT molecular complexity index is 709. The number of nitrogens with one attached hydrogen (secondary N) is 1. The molecule has 21 heavy (non-hydrogen) atoms. The minimum Gasteiger partial charge on any atom is -0.478 e. The van der Waals surface area contributed by atoms with Gasteiger partial charge < -0.3 is 10.4 Å². The highest BCUT2D eigenvalue weighted by molar-refractivity contribution is 7.93. The number of carbonyl (C=O) groups is 1. The summed E-state index contributed by atoms with van der Waals surface area (Å²) in [6.07, 6.45) is 0.377.